The van der Waals surface area contributed by atoms with Gasteiger partial charge >= 0.3 is 12.1 Å². The fraction of sp³-hybridized carbons (Fsp3) is 0.333. The van der Waals surface area contributed by atoms with Gasteiger partial charge in [-0.25, -0.2) is 9.59 Å². The minimum absolute atomic E-state index is 0.0421. The number of carbonyl (C=O) groups excluding carboxylic acids is 6. The largest absolute Gasteiger partial charge is 0.457 e. The highest BCUT2D eigenvalue weighted by Gasteiger charge is 2.57. The molecule has 342 valence electrons. The Bertz CT molecular complexity index is 2320. The lowest BCUT2D eigenvalue weighted by molar-refractivity contribution is -0.152. The van der Waals surface area contributed by atoms with E-state index in [9.17, 15) is 33.9 Å². The predicted molar refractivity (Wildman–Crippen MR) is 245 cm³/mol. The Balaban J connectivity index is 0.000000194. The monoisotopic (exact) mass is 1020 g/mol. The third kappa shape index (κ3) is 10.4. The number of amides is 8. The van der Waals surface area contributed by atoms with Crippen LogP contribution in [0.1, 0.15) is 11.1 Å². The normalized spacial score (nSPS) is 19.3. The molecule has 8 rings (SSSR count). The number of hydrogen-bond acceptors (Lipinski definition) is 14. The molecule has 4 fully saturated rings. The minimum Gasteiger partial charge on any atom is -0.457 e. The Kier molecular flexibility index (Phi) is 15.4. The van der Waals surface area contributed by atoms with E-state index in [-0.39, 0.29) is 6.61 Å². The van der Waals surface area contributed by atoms with Crippen LogP contribution >= 0.6 is 31.9 Å². The predicted octanol–water partition coefficient (Wildman–Crippen LogP) is 3.05. The zero-order valence-electron chi connectivity index (χ0n) is 35.5. The number of barbiturate groups is 2. The van der Waals surface area contributed by atoms with Gasteiger partial charge in [-0.3, -0.25) is 60.0 Å². The molecule has 20 heteroatoms. The lowest BCUT2D eigenvalue weighted by Gasteiger charge is -2.46. The maximum Gasteiger partial charge on any atom is 0.328 e. The van der Waals surface area contributed by atoms with Gasteiger partial charge in [-0.1, -0.05) is 56.1 Å². The van der Waals surface area contributed by atoms with Crippen LogP contribution in [0.25, 0.3) is 0 Å². The summed E-state index contributed by atoms with van der Waals surface area (Å²) in [7, 11) is 1.91. The number of nitrogens with one attached hydrogen (secondary N) is 5. The first-order valence-electron chi connectivity index (χ1n) is 21.0. The lowest BCUT2D eigenvalue weighted by Crippen LogP contribution is -2.73. The average Bonchev–Trinajstić information content (AvgIpc) is 3.29. The van der Waals surface area contributed by atoms with E-state index in [0.717, 1.165) is 22.0 Å². The highest BCUT2D eigenvalue weighted by molar-refractivity contribution is 9.10. The molecule has 4 aliphatic heterocycles. The molecule has 4 aromatic carbocycles. The van der Waals surface area contributed by atoms with E-state index in [0.29, 0.717) is 93.0 Å². The number of β-amino-alcohol motifs (C(OH)–C–C–N with tert-alkyl or cyclic N) is 1. The molecule has 65 heavy (non-hydrogen) atoms. The zero-order chi connectivity index (χ0) is 46.1. The van der Waals surface area contributed by atoms with Crippen LogP contribution in [-0.2, 0) is 30.3 Å². The molecular formula is C45H49Br2N9O9. The van der Waals surface area contributed by atoms with Crippen molar-refractivity contribution in [1.29, 1.82) is 0 Å². The molecule has 4 heterocycles. The van der Waals surface area contributed by atoms with Crippen LogP contribution in [-0.4, -0.2) is 146 Å². The van der Waals surface area contributed by atoms with E-state index in [1.54, 1.807) is 53.4 Å². The highest BCUT2D eigenvalue weighted by Crippen LogP contribution is 2.36. The molecule has 4 aliphatic rings. The Hall–Kier alpha value is -5.58. The molecule has 6 N–H and O–H groups in total. The molecule has 0 spiro atoms. The van der Waals surface area contributed by atoms with E-state index in [2.05, 4.69) is 68.2 Å². The highest BCUT2D eigenvalue weighted by atomic mass is 79.9. The fourth-order valence-corrected chi connectivity index (χ4v) is 8.87. The summed E-state index contributed by atoms with van der Waals surface area (Å²) in [4.78, 5) is 84.2. The van der Waals surface area contributed by atoms with Gasteiger partial charge in [0.2, 0.25) is 11.1 Å². The number of imide groups is 4. The van der Waals surface area contributed by atoms with E-state index in [4.69, 9.17) is 9.47 Å². The standard InChI is InChI=1S/C23H26BrN5O4.C22H23BrN4O5/c1-25-10-11-28-12-14-29(15-13-28)23(20(30)26-22(32)27-21(23)31)16-2-6-18(7-3-16)33-19-8-4-17(24)5-9-19;23-16-3-7-18(8-4-16)32-17-5-1-15(2-6-17)22(19(29)24-21(31)25-20(22)30)27-11-9-26(10-12-27)13-14-28/h2-9,25H,10-15H2,1H3,(H2,26,27,30,31,32);1-8,28H,9-14H2,(H2,24,25,29,30,31). The Morgan fingerprint density at radius 3 is 1.12 bits per heavy atom. The van der Waals surface area contributed by atoms with Crippen molar-refractivity contribution in [3.05, 3.63) is 117 Å². The first kappa shape index (κ1) is 47.4. The molecule has 4 saturated heterocycles. The van der Waals surface area contributed by atoms with Crippen molar-refractivity contribution in [2.75, 3.05) is 85.6 Å². The summed E-state index contributed by atoms with van der Waals surface area (Å²) in [6, 6.07) is 26.7. The number of hydrogen-bond donors (Lipinski definition) is 6. The number of carbonyl (C=O) groups is 6. The van der Waals surface area contributed by atoms with Crippen LogP contribution in [0, 0.1) is 0 Å². The number of aliphatic hydroxyl groups is 1. The summed E-state index contributed by atoms with van der Waals surface area (Å²) < 4.78 is 13.6. The van der Waals surface area contributed by atoms with Gasteiger partial charge in [0, 0.05) is 80.9 Å². The molecule has 0 unspecified atom stereocenters. The average molecular weight is 1020 g/mol. The van der Waals surface area contributed by atoms with Crippen molar-refractivity contribution in [1.82, 2.24) is 46.2 Å². The van der Waals surface area contributed by atoms with Gasteiger partial charge in [0.05, 0.1) is 6.61 Å². The number of urea groups is 2. The van der Waals surface area contributed by atoms with Crippen molar-refractivity contribution < 1.29 is 43.3 Å². The topological polar surface area (TPSA) is 214 Å². The van der Waals surface area contributed by atoms with E-state index in [1.165, 1.54) is 0 Å². The zero-order valence-corrected chi connectivity index (χ0v) is 38.7. The van der Waals surface area contributed by atoms with Crippen LogP contribution in [0.2, 0.25) is 0 Å². The number of benzene rings is 4. The van der Waals surface area contributed by atoms with Crippen LogP contribution in [0.5, 0.6) is 23.0 Å². The Morgan fingerprint density at radius 2 is 0.815 bits per heavy atom. The van der Waals surface area contributed by atoms with Gasteiger partial charge in [-0.05, 0) is 91.0 Å². The van der Waals surface area contributed by atoms with Gasteiger partial charge in [0.15, 0.2) is 0 Å². The molecule has 18 nitrogen and oxygen atoms in total. The molecule has 0 aliphatic carbocycles. The van der Waals surface area contributed by atoms with Gasteiger partial charge < -0.3 is 19.9 Å². The number of rotatable bonds is 13. The summed E-state index contributed by atoms with van der Waals surface area (Å²) in [6.07, 6.45) is 0. The Labute approximate surface area is 392 Å². The molecule has 0 saturated carbocycles. The lowest BCUT2D eigenvalue weighted by atomic mass is 9.84. The Morgan fingerprint density at radius 1 is 0.508 bits per heavy atom. The third-order valence-corrected chi connectivity index (χ3v) is 12.7. The second-order valence-corrected chi connectivity index (χ2v) is 17.4. The maximum absolute atomic E-state index is 13.2. The van der Waals surface area contributed by atoms with Crippen molar-refractivity contribution in [2.45, 2.75) is 11.1 Å². The van der Waals surface area contributed by atoms with Crippen molar-refractivity contribution in [2.24, 2.45) is 0 Å². The van der Waals surface area contributed by atoms with Crippen LogP contribution < -0.4 is 36.1 Å². The molecule has 0 atom stereocenters. The minimum atomic E-state index is -1.67. The van der Waals surface area contributed by atoms with Gasteiger partial charge in [0.1, 0.15) is 23.0 Å². The number of piperazine rings is 2. The number of ether oxygens (including phenoxy) is 2. The third-order valence-electron chi connectivity index (χ3n) is 11.7. The number of likely N-dealkylation sites (N-methyl/N-ethyl adjacent to an activating group) is 1. The van der Waals surface area contributed by atoms with E-state index >= 15 is 0 Å². The molecule has 0 bridgehead atoms. The summed E-state index contributed by atoms with van der Waals surface area (Å²) in [5.41, 5.74) is -2.37. The number of halogens is 2. The van der Waals surface area contributed by atoms with Crippen molar-refractivity contribution >= 4 is 67.6 Å². The fourth-order valence-electron chi connectivity index (χ4n) is 8.34. The number of nitrogens with zero attached hydrogens (tertiary/aromatic N) is 4. The van der Waals surface area contributed by atoms with Gasteiger partial charge in [0.25, 0.3) is 23.6 Å². The summed E-state index contributed by atoms with van der Waals surface area (Å²) >= 11 is 6.77. The van der Waals surface area contributed by atoms with Crippen molar-refractivity contribution in [3.8, 4) is 23.0 Å². The maximum atomic E-state index is 13.2. The number of aliphatic hydroxyl groups excluding tert-OH is 1. The summed E-state index contributed by atoms with van der Waals surface area (Å²) in [5.74, 6) is -0.200. The molecule has 8 amide bonds. The van der Waals surface area contributed by atoms with Gasteiger partial charge in [-0.2, -0.15) is 0 Å². The molecule has 0 radical (unpaired) electrons. The molecular weight excluding hydrogens is 970 g/mol. The first-order valence-corrected chi connectivity index (χ1v) is 22.6. The second-order valence-electron chi connectivity index (χ2n) is 15.5. The van der Waals surface area contributed by atoms with Crippen LogP contribution in [0.4, 0.5) is 9.59 Å². The second kappa shape index (κ2) is 21.2. The van der Waals surface area contributed by atoms with Crippen molar-refractivity contribution in [3.63, 3.8) is 0 Å². The SMILES string of the molecule is CNCCN1CCN(C2(c3ccc(Oc4ccc(Br)cc4)cc3)C(=O)NC(=O)NC2=O)CC1.O=C1NC(=O)C(c2ccc(Oc3ccc(Br)cc3)cc2)(N2CCN(CCO)CC2)C(=O)N1. The van der Waals surface area contributed by atoms with Crippen LogP contribution in [0.15, 0.2) is 106 Å². The van der Waals surface area contributed by atoms with Gasteiger partial charge in [-0.15, -0.1) is 0 Å². The quantitative estimate of drug-likeness (QED) is 0.106. The first-order chi connectivity index (χ1) is 31.4. The summed E-state index contributed by atoms with van der Waals surface area (Å²) in [5, 5.41) is 21.4. The molecule has 0 aromatic heterocycles. The smallest absolute Gasteiger partial charge is 0.328 e. The van der Waals surface area contributed by atoms with E-state index in [1.807, 2.05) is 60.5 Å². The summed E-state index contributed by atoms with van der Waals surface area (Å²) in [6.45, 7) is 6.77. The molecule has 4 aromatic rings. The van der Waals surface area contributed by atoms with Crippen LogP contribution in [0.3, 0.4) is 0 Å². The van der Waals surface area contributed by atoms with E-state index < -0.39 is 46.8 Å².